The number of nitrogens with one attached hydrogen (secondary N) is 2. The molecule has 2 N–H and O–H groups in total. The Morgan fingerprint density at radius 2 is 2.16 bits per heavy atom. The summed E-state index contributed by atoms with van der Waals surface area (Å²) in [5.74, 6) is 1.12. The van der Waals surface area contributed by atoms with Crippen molar-refractivity contribution in [1.29, 1.82) is 0 Å². The van der Waals surface area contributed by atoms with Gasteiger partial charge in [0.1, 0.15) is 0 Å². The highest BCUT2D eigenvalue weighted by atomic mass is 127. The van der Waals surface area contributed by atoms with Crippen molar-refractivity contribution in [2.45, 2.75) is 45.6 Å². The summed E-state index contributed by atoms with van der Waals surface area (Å²) < 4.78 is 1.78. The van der Waals surface area contributed by atoms with Gasteiger partial charge in [-0.2, -0.15) is 5.10 Å². The summed E-state index contributed by atoms with van der Waals surface area (Å²) in [6.07, 6.45) is 8.79. The topological polar surface area (TPSA) is 74.6 Å². The highest BCUT2D eigenvalue weighted by Gasteiger charge is 2.15. The van der Waals surface area contributed by atoms with Gasteiger partial charge in [-0.15, -0.1) is 24.0 Å². The quantitative estimate of drug-likeness (QED) is 0.281. The fourth-order valence-corrected chi connectivity index (χ4v) is 2.82. The Balaban J connectivity index is 0.00000312. The van der Waals surface area contributed by atoms with Gasteiger partial charge in [0.15, 0.2) is 5.96 Å². The molecule has 0 unspecified atom stereocenters. The Kier molecular flexibility index (Phi) is 10.5. The lowest BCUT2D eigenvalue weighted by molar-refractivity contribution is -0.130. The third-order valence-corrected chi connectivity index (χ3v) is 4.09. The molecule has 1 aliphatic heterocycles. The normalized spacial score (nSPS) is 15.5. The number of halogens is 1. The molecule has 0 aromatic carbocycles. The van der Waals surface area contributed by atoms with Crippen molar-refractivity contribution in [2.75, 3.05) is 26.2 Å². The fourth-order valence-electron chi connectivity index (χ4n) is 2.82. The lowest BCUT2D eigenvalue weighted by atomic mass is 10.2. The van der Waals surface area contributed by atoms with E-state index in [2.05, 4.69) is 27.6 Å². The number of hydrogen-bond acceptors (Lipinski definition) is 3. The first-order chi connectivity index (χ1) is 11.7. The van der Waals surface area contributed by atoms with E-state index in [4.69, 9.17) is 0 Å². The molecule has 7 nitrogen and oxygen atoms in total. The highest BCUT2D eigenvalue weighted by molar-refractivity contribution is 14.0. The largest absolute Gasteiger partial charge is 0.357 e. The zero-order chi connectivity index (χ0) is 17.2. The summed E-state index contributed by atoms with van der Waals surface area (Å²) in [7, 11) is 1.90. The summed E-state index contributed by atoms with van der Waals surface area (Å²) in [5, 5.41) is 10.7. The van der Waals surface area contributed by atoms with Crippen LogP contribution in [0, 0.1) is 0 Å². The zero-order valence-electron chi connectivity index (χ0n) is 15.3. The predicted molar refractivity (Wildman–Crippen MR) is 111 cm³/mol. The molecule has 0 saturated carbocycles. The number of carbonyl (C=O) groups is 1. The number of aromatic nitrogens is 2. The minimum atomic E-state index is 0. The van der Waals surface area contributed by atoms with E-state index in [1.807, 2.05) is 24.3 Å². The van der Waals surface area contributed by atoms with Crippen LogP contribution in [0.25, 0.3) is 0 Å². The number of carbonyl (C=O) groups excluding carboxylic acids is 1. The molecule has 0 atom stereocenters. The van der Waals surface area contributed by atoms with E-state index in [0.29, 0.717) is 18.9 Å². The molecule has 1 fully saturated rings. The molecule has 0 spiro atoms. The van der Waals surface area contributed by atoms with Crippen LogP contribution in [0.5, 0.6) is 0 Å². The van der Waals surface area contributed by atoms with E-state index >= 15 is 0 Å². The minimum Gasteiger partial charge on any atom is -0.357 e. The molecule has 1 aromatic rings. The van der Waals surface area contributed by atoms with Gasteiger partial charge in [0.2, 0.25) is 5.91 Å². The third kappa shape index (κ3) is 8.06. The van der Waals surface area contributed by atoms with Crippen LogP contribution in [-0.2, 0) is 18.4 Å². The number of aliphatic imine (C=N–C) groups is 1. The van der Waals surface area contributed by atoms with Crippen molar-refractivity contribution in [1.82, 2.24) is 25.3 Å². The Labute approximate surface area is 167 Å². The third-order valence-electron chi connectivity index (χ3n) is 4.09. The van der Waals surface area contributed by atoms with Crippen molar-refractivity contribution < 1.29 is 4.79 Å². The van der Waals surface area contributed by atoms with Crippen LogP contribution in [0.4, 0.5) is 0 Å². The highest BCUT2D eigenvalue weighted by Crippen LogP contribution is 2.11. The van der Waals surface area contributed by atoms with Gasteiger partial charge in [0.25, 0.3) is 0 Å². The maximum atomic E-state index is 12.0. The molecule has 2 rings (SSSR count). The Morgan fingerprint density at radius 3 is 2.88 bits per heavy atom. The molecule has 25 heavy (non-hydrogen) atoms. The van der Waals surface area contributed by atoms with E-state index in [1.54, 1.807) is 4.68 Å². The van der Waals surface area contributed by atoms with Gasteiger partial charge in [0.05, 0.1) is 12.7 Å². The predicted octanol–water partition coefficient (Wildman–Crippen LogP) is 1.89. The average Bonchev–Trinajstić information content (AvgIpc) is 2.87. The molecule has 1 aromatic heterocycles. The SMILES string of the molecule is CCNC(=NCc1cnn(C)c1)NCCCN1CCCCCC1=O.I. The molecule has 1 saturated heterocycles. The van der Waals surface area contributed by atoms with Crippen LogP contribution in [0.1, 0.15) is 44.6 Å². The molecular weight excluding hydrogens is 431 g/mol. The van der Waals surface area contributed by atoms with Gasteiger partial charge in [-0.25, -0.2) is 4.99 Å². The van der Waals surface area contributed by atoms with E-state index in [9.17, 15) is 4.79 Å². The van der Waals surface area contributed by atoms with Crippen molar-refractivity contribution in [3.8, 4) is 0 Å². The lowest BCUT2D eigenvalue weighted by Gasteiger charge is -2.20. The lowest BCUT2D eigenvalue weighted by Crippen LogP contribution is -2.39. The second kappa shape index (κ2) is 12.1. The first-order valence-electron chi connectivity index (χ1n) is 8.96. The van der Waals surface area contributed by atoms with Crippen LogP contribution in [0.15, 0.2) is 17.4 Å². The molecule has 1 aliphatic rings. The van der Waals surface area contributed by atoms with Gasteiger partial charge in [-0.05, 0) is 26.2 Å². The second-order valence-corrected chi connectivity index (χ2v) is 6.19. The van der Waals surface area contributed by atoms with E-state index in [-0.39, 0.29) is 24.0 Å². The number of rotatable bonds is 7. The Bertz CT molecular complexity index is 545. The maximum Gasteiger partial charge on any atom is 0.222 e. The van der Waals surface area contributed by atoms with Crippen LogP contribution >= 0.6 is 24.0 Å². The number of amides is 1. The Hall–Kier alpha value is -1.32. The first kappa shape index (κ1) is 21.7. The number of guanidine groups is 1. The van der Waals surface area contributed by atoms with E-state index in [0.717, 1.165) is 57.0 Å². The second-order valence-electron chi connectivity index (χ2n) is 6.19. The van der Waals surface area contributed by atoms with E-state index < -0.39 is 0 Å². The number of aryl methyl sites for hydroxylation is 1. The minimum absolute atomic E-state index is 0. The number of hydrogen-bond donors (Lipinski definition) is 2. The van der Waals surface area contributed by atoms with E-state index in [1.165, 1.54) is 6.42 Å². The van der Waals surface area contributed by atoms with Gasteiger partial charge < -0.3 is 15.5 Å². The summed E-state index contributed by atoms with van der Waals surface area (Å²) in [4.78, 5) is 18.5. The van der Waals surface area contributed by atoms with Crippen molar-refractivity contribution in [3.63, 3.8) is 0 Å². The summed E-state index contributed by atoms with van der Waals surface area (Å²) in [6.45, 7) is 6.03. The Morgan fingerprint density at radius 1 is 1.32 bits per heavy atom. The fraction of sp³-hybridized carbons (Fsp3) is 0.706. The summed E-state index contributed by atoms with van der Waals surface area (Å²) in [5.41, 5.74) is 1.09. The molecule has 0 radical (unpaired) electrons. The molecule has 1 amide bonds. The van der Waals surface area contributed by atoms with Crippen molar-refractivity contribution in [2.24, 2.45) is 12.0 Å². The van der Waals surface area contributed by atoms with Crippen LogP contribution in [-0.4, -0.2) is 52.7 Å². The van der Waals surface area contributed by atoms with Crippen LogP contribution in [0.2, 0.25) is 0 Å². The van der Waals surface area contributed by atoms with Gasteiger partial charge >= 0.3 is 0 Å². The molecule has 0 aliphatic carbocycles. The van der Waals surface area contributed by atoms with Crippen molar-refractivity contribution in [3.05, 3.63) is 18.0 Å². The molecular formula is C17H31IN6O. The molecule has 0 bridgehead atoms. The average molecular weight is 462 g/mol. The van der Waals surface area contributed by atoms with Crippen molar-refractivity contribution >= 4 is 35.8 Å². The monoisotopic (exact) mass is 462 g/mol. The smallest absolute Gasteiger partial charge is 0.222 e. The van der Waals surface area contributed by atoms with Gasteiger partial charge in [-0.1, -0.05) is 6.42 Å². The number of nitrogens with zero attached hydrogens (tertiary/aromatic N) is 4. The van der Waals surface area contributed by atoms with Crippen LogP contribution in [0.3, 0.4) is 0 Å². The zero-order valence-corrected chi connectivity index (χ0v) is 17.7. The van der Waals surface area contributed by atoms with Gasteiger partial charge in [-0.3, -0.25) is 9.48 Å². The first-order valence-corrected chi connectivity index (χ1v) is 8.96. The summed E-state index contributed by atoms with van der Waals surface area (Å²) >= 11 is 0. The van der Waals surface area contributed by atoms with Gasteiger partial charge in [0, 0.05) is 51.4 Å². The maximum absolute atomic E-state index is 12.0. The molecule has 8 heteroatoms. The standard InChI is InChI=1S/C17H30N6O.HI/c1-3-18-17(20-12-15-13-21-22(2)14-15)19-9-7-11-23-10-6-4-5-8-16(23)24;/h13-14H,3-12H2,1-2H3,(H2,18,19,20);1H. The van der Waals surface area contributed by atoms with Crippen LogP contribution < -0.4 is 10.6 Å². The molecule has 142 valence electrons. The summed E-state index contributed by atoms with van der Waals surface area (Å²) in [6, 6.07) is 0. The number of likely N-dealkylation sites (tertiary alicyclic amines) is 1. The molecule has 2 heterocycles.